The molecule has 1 unspecified atom stereocenters. The first-order valence-electron chi connectivity index (χ1n) is 6.50. The van der Waals surface area contributed by atoms with Gasteiger partial charge < -0.3 is 9.80 Å². The van der Waals surface area contributed by atoms with Gasteiger partial charge in [0.25, 0.3) is 5.56 Å². The molecule has 6 heteroatoms. The Hall–Kier alpha value is -1.87. The molecule has 1 saturated heterocycles. The third-order valence-corrected chi connectivity index (χ3v) is 3.39. The Bertz CT molecular complexity index is 525. The van der Waals surface area contributed by atoms with Crippen LogP contribution >= 0.6 is 0 Å². The standard InChI is InChI=1S/C13H19N5O/c1-11(8-14)10-18-13(19)7-12(9-15-18)17-5-3-16(2)4-6-17/h7,9,11H,3-6,10H2,1-2H3. The molecule has 1 fully saturated rings. The molecule has 0 aromatic carbocycles. The Morgan fingerprint density at radius 1 is 1.42 bits per heavy atom. The van der Waals surface area contributed by atoms with Crippen molar-refractivity contribution in [1.29, 1.82) is 5.26 Å². The van der Waals surface area contributed by atoms with E-state index in [0.717, 1.165) is 31.9 Å². The van der Waals surface area contributed by atoms with E-state index in [1.165, 1.54) is 4.68 Å². The quantitative estimate of drug-likeness (QED) is 0.775. The Kier molecular flexibility index (Phi) is 4.17. The molecule has 2 rings (SSSR count). The van der Waals surface area contributed by atoms with E-state index >= 15 is 0 Å². The maximum absolute atomic E-state index is 12.0. The van der Waals surface area contributed by atoms with Gasteiger partial charge in [-0.3, -0.25) is 4.79 Å². The summed E-state index contributed by atoms with van der Waals surface area (Å²) in [7, 11) is 2.09. The van der Waals surface area contributed by atoms with E-state index in [9.17, 15) is 4.79 Å². The van der Waals surface area contributed by atoms with Gasteiger partial charge in [-0.05, 0) is 14.0 Å². The number of aromatic nitrogens is 2. The van der Waals surface area contributed by atoms with Gasteiger partial charge in [-0.25, -0.2) is 4.68 Å². The molecule has 0 N–H and O–H groups in total. The number of likely N-dealkylation sites (N-methyl/N-ethyl adjacent to an activating group) is 1. The summed E-state index contributed by atoms with van der Waals surface area (Å²) < 4.78 is 1.35. The van der Waals surface area contributed by atoms with E-state index in [0.29, 0.717) is 6.54 Å². The second-order valence-corrected chi connectivity index (χ2v) is 5.05. The smallest absolute Gasteiger partial charge is 0.268 e. The fraction of sp³-hybridized carbons (Fsp3) is 0.615. The van der Waals surface area contributed by atoms with E-state index in [-0.39, 0.29) is 11.5 Å². The number of hydrogen-bond donors (Lipinski definition) is 0. The lowest BCUT2D eigenvalue weighted by molar-refractivity contribution is 0.312. The van der Waals surface area contributed by atoms with E-state index < -0.39 is 0 Å². The number of nitrogens with zero attached hydrogens (tertiary/aromatic N) is 5. The highest BCUT2D eigenvalue weighted by atomic mass is 16.1. The van der Waals surface area contributed by atoms with Gasteiger partial charge in [-0.1, -0.05) is 0 Å². The van der Waals surface area contributed by atoms with Gasteiger partial charge in [0.05, 0.1) is 30.4 Å². The largest absolute Gasteiger partial charge is 0.368 e. The molecule has 19 heavy (non-hydrogen) atoms. The van der Waals surface area contributed by atoms with E-state index in [2.05, 4.69) is 28.0 Å². The molecule has 0 amide bonds. The molecular formula is C13H19N5O. The molecule has 0 aliphatic carbocycles. The molecule has 0 bridgehead atoms. The van der Waals surface area contributed by atoms with Crippen LogP contribution in [0.3, 0.4) is 0 Å². The second-order valence-electron chi connectivity index (χ2n) is 5.05. The number of anilines is 1. The number of nitriles is 1. The van der Waals surface area contributed by atoms with Gasteiger partial charge in [-0.2, -0.15) is 10.4 Å². The van der Waals surface area contributed by atoms with Crippen LogP contribution in [-0.2, 0) is 6.54 Å². The highest BCUT2D eigenvalue weighted by Crippen LogP contribution is 2.12. The van der Waals surface area contributed by atoms with Crippen molar-refractivity contribution in [3.8, 4) is 6.07 Å². The zero-order chi connectivity index (χ0) is 13.8. The average molecular weight is 261 g/mol. The summed E-state index contributed by atoms with van der Waals surface area (Å²) in [6, 6.07) is 3.72. The molecule has 1 aliphatic heterocycles. The monoisotopic (exact) mass is 261 g/mol. The molecular weight excluding hydrogens is 242 g/mol. The fourth-order valence-corrected chi connectivity index (χ4v) is 2.10. The van der Waals surface area contributed by atoms with E-state index in [1.807, 2.05) is 0 Å². The molecule has 1 aliphatic rings. The molecule has 2 heterocycles. The minimum absolute atomic E-state index is 0.140. The first kappa shape index (κ1) is 13.6. The minimum atomic E-state index is -0.209. The predicted octanol–water partition coefficient (Wildman–Crippen LogP) is 0.155. The Labute approximate surface area is 112 Å². The Morgan fingerprint density at radius 3 is 2.68 bits per heavy atom. The van der Waals surface area contributed by atoms with E-state index in [4.69, 9.17) is 5.26 Å². The summed E-state index contributed by atoms with van der Waals surface area (Å²) in [5, 5.41) is 12.9. The lowest BCUT2D eigenvalue weighted by Crippen LogP contribution is -2.45. The van der Waals surface area contributed by atoms with Gasteiger partial charge in [0.2, 0.25) is 0 Å². The number of hydrogen-bond acceptors (Lipinski definition) is 5. The van der Waals surface area contributed by atoms with Crippen LogP contribution in [0, 0.1) is 17.2 Å². The van der Waals surface area contributed by atoms with Crippen LogP contribution in [-0.4, -0.2) is 47.9 Å². The SMILES string of the molecule is CC(C#N)Cn1ncc(N2CCN(C)CC2)cc1=O. The Balaban J connectivity index is 2.11. The summed E-state index contributed by atoms with van der Waals surface area (Å²) in [6.07, 6.45) is 1.72. The third kappa shape index (κ3) is 3.32. The minimum Gasteiger partial charge on any atom is -0.368 e. The molecule has 0 radical (unpaired) electrons. The van der Waals surface area contributed by atoms with Gasteiger partial charge in [0.1, 0.15) is 0 Å². The van der Waals surface area contributed by atoms with Gasteiger partial charge in [-0.15, -0.1) is 0 Å². The molecule has 102 valence electrons. The average Bonchev–Trinajstić information content (AvgIpc) is 2.41. The van der Waals surface area contributed by atoms with Crippen molar-refractivity contribution in [3.05, 3.63) is 22.6 Å². The van der Waals surface area contributed by atoms with Crippen molar-refractivity contribution in [2.24, 2.45) is 5.92 Å². The van der Waals surface area contributed by atoms with Crippen molar-refractivity contribution in [3.63, 3.8) is 0 Å². The first-order chi connectivity index (χ1) is 9.10. The molecule has 1 aromatic heterocycles. The molecule has 0 spiro atoms. The zero-order valence-electron chi connectivity index (χ0n) is 11.4. The van der Waals surface area contributed by atoms with Gasteiger partial charge >= 0.3 is 0 Å². The van der Waals surface area contributed by atoms with Crippen LogP contribution < -0.4 is 10.5 Å². The zero-order valence-corrected chi connectivity index (χ0v) is 11.4. The first-order valence-corrected chi connectivity index (χ1v) is 6.50. The summed E-state index contributed by atoms with van der Waals surface area (Å²) in [5.74, 6) is -0.209. The summed E-state index contributed by atoms with van der Waals surface area (Å²) in [6.45, 7) is 5.94. The van der Waals surface area contributed by atoms with Crippen LogP contribution in [0.25, 0.3) is 0 Å². The van der Waals surface area contributed by atoms with Crippen LogP contribution in [0.5, 0.6) is 0 Å². The van der Waals surface area contributed by atoms with Gasteiger partial charge in [0.15, 0.2) is 0 Å². The number of rotatable bonds is 3. The highest BCUT2D eigenvalue weighted by molar-refractivity contribution is 5.43. The maximum Gasteiger partial charge on any atom is 0.268 e. The highest BCUT2D eigenvalue weighted by Gasteiger charge is 2.15. The van der Waals surface area contributed by atoms with Crippen molar-refractivity contribution in [2.45, 2.75) is 13.5 Å². The van der Waals surface area contributed by atoms with Crippen molar-refractivity contribution in [1.82, 2.24) is 14.7 Å². The molecule has 1 atom stereocenters. The van der Waals surface area contributed by atoms with E-state index in [1.54, 1.807) is 19.2 Å². The topological polar surface area (TPSA) is 65.2 Å². The number of piperazine rings is 1. The maximum atomic E-state index is 12.0. The predicted molar refractivity (Wildman–Crippen MR) is 73.0 cm³/mol. The summed E-state index contributed by atoms with van der Waals surface area (Å²) in [4.78, 5) is 16.4. The van der Waals surface area contributed by atoms with Crippen molar-refractivity contribution >= 4 is 5.69 Å². The Morgan fingerprint density at radius 2 is 2.11 bits per heavy atom. The second kappa shape index (κ2) is 5.85. The van der Waals surface area contributed by atoms with Gasteiger partial charge in [0, 0.05) is 32.2 Å². The fourth-order valence-electron chi connectivity index (χ4n) is 2.10. The van der Waals surface area contributed by atoms with Crippen LogP contribution in [0.1, 0.15) is 6.92 Å². The molecule has 1 aromatic rings. The lowest BCUT2D eigenvalue weighted by Gasteiger charge is -2.33. The van der Waals surface area contributed by atoms with Crippen LogP contribution in [0.15, 0.2) is 17.1 Å². The molecule has 6 nitrogen and oxygen atoms in total. The third-order valence-electron chi connectivity index (χ3n) is 3.39. The normalized spacial score (nSPS) is 18.1. The van der Waals surface area contributed by atoms with Crippen molar-refractivity contribution < 1.29 is 0 Å². The lowest BCUT2D eigenvalue weighted by atomic mass is 10.2. The van der Waals surface area contributed by atoms with Crippen LogP contribution in [0.4, 0.5) is 5.69 Å². The summed E-state index contributed by atoms with van der Waals surface area (Å²) >= 11 is 0. The summed E-state index contributed by atoms with van der Waals surface area (Å²) in [5.41, 5.74) is 0.734. The van der Waals surface area contributed by atoms with Crippen molar-refractivity contribution in [2.75, 3.05) is 38.1 Å². The van der Waals surface area contributed by atoms with Crippen LogP contribution in [0.2, 0.25) is 0 Å². The molecule has 0 saturated carbocycles.